The number of carbonyl (C=O) groups excluding carboxylic acids is 2. The molecule has 0 saturated carbocycles. The number of nitrogens with zero attached hydrogens (tertiary/aromatic N) is 1. The molecule has 1 aliphatic heterocycles. The van der Waals surface area contributed by atoms with E-state index in [0.717, 1.165) is 10.4 Å². The zero-order valence-electron chi connectivity index (χ0n) is 16.4. The van der Waals surface area contributed by atoms with Gasteiger partial charge in [-0.1, -0.05) is 30.3 Å². The zero-order valence-corrected chi connectivity index (χ0v) is 18.0. The topological polar surface area (TPSA) is 92.8 Å². The molecule has 1 saturated heterocycles. The molecule has 1 aliphatic rings. The van der Waals surface area contributed by atoms with Crippen LogP contribution in [0.4, 0.5) is 5.00 Å². The third kappa shape index (κ3) is 5.43. The molecule has 1 amide bonds. The Morgan fingerprint density at radius 3 is 2.62 bits per heavy atom. The first kappa shape index (κ1) is 21.5. The van der Waals surface area contributed by atoms with Crippen molar-refractivity contribution in [2.24, 2.45) is 0 Å². The summed E-state index contributed by atoms with van der Waals surface area (Å²) in [5, 5.41) is 3.23. The monoisotopic (exact) mass is 436 g/mol. The third-order valence-corrected chi connectivity index (χ3v) is 7.61. The second-order valence-corrected chi connectivity index (χ2v) is 10.2. The van der Waals surface area contributed by atoms with Gasteiger partial charge in [-0.25, -0.2) is 13.2 Å². The number of benzene rings is 1. The quantitative estimate of drug-likeness (QED) is 0.671. The summed E-state index contributed by atoms with van der Waals surface area (Å²) in [6.07, 6.45) is 0.525. The van der Waals surface area contributed by atoms with Crippen molar-refractivity contribution in [3.63, 3.8) is 0 Å². The fourth-order valence-electron chi connectivity index (χ4n) is 3.23. The smallest absolute Gasteiger partial charge is 0.341 e. The van der Waals surface area contributed by atoms with E-state index in [2.05, 4.69) is 5.32 Å². The second-order valence-electron chi connectivity index (χ2n) is 6.96. The molecule has 0 radical (unpaired) electrons. The van der Waals surface area contributed by atoms with Crippen molar-refractivity contribution in [3.05, 3.63) is 42.0 Å². The Kier molecular flexibility index (Phi) is 6.71. The Morgan fingerprint density at radius 2 is 2.00 bits per heavy atom. The first-order valence-electron chi connectivity index (χ1n) is 9.36. The van der Waals surface area contributed by atoms with Gasteiger partial charge in [-0.2, -0.15) is 0 Å². The van der Waals surface area contributed by atoms with Gasteiger partial charge in [0.2, 0.25) is 5.91 Å². The van der Waals surface area contributed by atoms with Gasteiger partial charge in [0.1, 0.15) is 5.00 Å². The number of hydrogen-bond acceptors (Lipinski definition) is 7. The van der Waals surface area contributed by atoms with E-state index in [9.17, 15) is 18.0 Å². The Labute approximate surface area is 174 Å². The molecule has 7 nitrogen and oxygen atoms in total. The van der Waals surface area contributed by atoms with E-state index >= 15 is 0 Å². The van der Waals surface area contributed by atoms with Crippen molar-refractivity contribution in [1.82, 2.24) is 4.90 Å². The number of amides is 1. The number of esters is 1. The van der Waals surface area contributed by atoms with Gasteiger partial charge in [0.05, 0.1) is 30.2 Å². The molecule has 1 aromatic heterocycles. The van der Waals surface area contributed by atoms with E-state index in [1.807, 2.05) is 30.3 Å². The molecular formula is C20H24N2O5S2. The number of hydrogen-bond donors (Lipinski definition) is 1. The standard InChI is InChI=1S/C20H24N2O5S2/c1-3-27-20(24)16-11-17(14-7-5-4-6-8-14)28-19(16)21-18(23)12-22(2)15-9-10-29(25,26)13-15/h4-8,11,15H,3,9-10,12-13H2,1-2H3,(H,21,23)/t15-/m0/s1. The fourth-order valence-corrected chi connectivity index (χ4v) is 6.11. The number of likely N-dealkylation sites (N-methyl/N-ethyl adjacent to an activating group) is 1. The molecule has 0 bridgehead atoms. The molecule has 2 heterocycles. The summed E-state index contributed by atoms with van der Waals surface area (Å²) in [5.74, 6) is -0.565. The van der Waals surface area contributed by atoms with Gasteiger partial charge < -0.3 is 10.1 Å². The minimum absolute atomic E-state index is 0.0427. The molecule has 1 N–H and O–H groups in total. The predicted octanol–water partition coefficient (Wildman–Crippen LogP) is 2.65. The lowest BCUT2D eigenvalue weighted by Crippen LogP contribution is -2.38. The first-order valence-corrected chi connectivity index (χ1v) is 12.0. The van der Waals surface area contributed by atoms with Crippen molar-refractivity contribution < 1.29 is 22.7 Å². The van der Waals surface area contributed by atoms with E-state index in [1.54, 1.807) is 24.9 Å². The summed E-state index contributed by atoms with van der Waals surface area (Å²) in [6, 6.07) is 11.1. The maximum absolute atomic E-state index is 12.6. The normalized spacial score (nSPS) is 18.0. The molecule has 1 fully saturated rings. The molecule has 29 heavy (non-hydrogen) atoms. The lowest BCUT2D eigenvalue weighted by molar-refractivity contribution is -0.117. The number of sulfone groups is 1. The molecule has 0 spiro atoms. The summed E-state index contributed by atoms with van der Waals surface area (Å²) in [6.45, 7) is 2.01. The highest BCUT2D eigenvalue weighted by Crippen LogP contribution is 2.36. The number of carbonyl (C=O) groups is 2. The Bertz CT molecular complexity index is 986. The summed E-state index contributed by atoms with van der Waals surface area (Å²) in [5.41, 5.74) is 1.26. The van der Waals surface area contributed by atoms with Crippen LogP contribution in [0.3, 0.4) is 0 Å². The third-order valence-electron chi connectivity index (χ3n) is 4.76. The van der Waals surface area contributed by atoms with Crippen LogP contribution in [-0.4, -0.2) is 62.9 Å². The molecule has 0 aliphatic carbocycles. The van der Waals surface area contributed by atoms with Crippen LogP contribution in [0.5, 0.6) is 0 Å². The average Bonchev–Trinajstić information content (AvgIpc) is 3.26. The minimum Gasteiger partial charge on any atom is -0.462 e. The van der Waals surface area contributed by atoms with Gasteiger partial charge in [-0.3, -0.25) is 9.69 Å². The van der Waals surface area contributed by atoms with E-state index < -0.39 is 15.8 Å². The van der Waals surface area contributed by atoms with Crippen molar-refractivity contribution in [1.29, 1.82) is 0 Å². The molecule has 3 rings (SSSR count). The van der Waals surface area contributed by atoms with Crippen LogP contribution in [0.1, 0.15) is 23.7 Å². The molecule has 1 atom stereocenters. The SMILES string of the molecule is CCOC(=O)c1cc(-c2ccccc2)sc1NC(=O)CN(C)[C@H]1CCS(=O)(=O)C1. The van der Waals surface area contributed by atoms with Crippen LogP contribution in [0.25, 0.3) is 10.4 Å². The predicted molar refractivity (Wildman–Crippen MR) is 114 cm³/mol. The summed E-state index contributed by atoms with van der Waals surface area (Å²) in [7, 11) is -1.28. The van der Waals surface area contributed by atoms with Crippen molar-refractivity contribution in [3.8, 4) is 10.4 Å². The Balaban J connectivity index is 1.75. The molecule has 156 valence electrons. The average molecular weight is 437 g/mol. The Hall–Kier alpha value is -2.23. The van der Waals surface area contributed by atoms with Crippen LogP contribution >= 0.6 is 11.3 Å². The molecule has 9 heteroatoms. The molecule has 0 unspecified atom stereocenters. The van der Waals surface area contributed by atoms with E-state index in [1.165, 1.54) is 11.3 Å². The van der Waals surface area contributed by atoms with Gasteiger partial charge in [0.25, 0.3) is 0 Å². The summed E-state index contributed by atoms with van der Waals surface area (Å²) in [4.78, 5) is 27.5. The van der Waals surface area contributed by atoms with Crippen molar-refractivity contribution >= 4 is 38.1 Å². The number of anilines is 1. The fraction of sp³-hybridized carbons (Fsp3) is 0.400. The highest BCUT2D eigenvalue weighted by molar-refractivity contribution is 7.91. The maximum atomic E-state index is 12.6. The van der Waals surface area contributed by atoms with E-state index in [-0.39, 0.29) is 36.6 Å². The van der Waals surface area contributed by atoms with Gasteiger partial charge in [-0.05, 0) is 32.0 Å². The van der Waals surface area contributed by atoms with Gasteiger partial charge in [0.15, 0.2) is 9.84 Å². The zero-order chi connectivity index (χ0) is 21.0. The van der Waals surface area contributed by atoms with E-state index in [0.29, 0.717) is 17.0 Å². The minimum atomic E-state index is -3.02. The number of ether oxygens (including phenoxy) is 1. The van der Waals surface area contributed by atoms with Gasteiger partial charge in [0, 0.05) is 10.9 Å². The number of rotatable bonds is 7. The second kappa shape index (κ2) is 9.06. The van der Waals surface area contributed by atoms with Gasteiger partial charge in [-0.15, -0.1) is 11.3 Å². The molecule has 1 aromatic carbocycles. The van der Waals surface area contributed by atoms with Gasteiger partial charge >= 0.3 is 5.97 Å². The highest BCUT2D eigenvalue weighted by atomic mass is 32.2. The lowest BCUT2D eigenvalue weighted by Gasteiger charge is -2.22. The van der Waals surface area contributed by atoms with Crippen LogP contribution in [0, 0.1) is 0 Å². The summed E-state index contributed by atoms with van der Waals surface area (Å²) < 4.78 is 28.5. The van der Waals surface area contributed by atoms with Crippen LogP contribution in [0.2, 0.25) is 0 Å². The Morgan fingerprint density at radius 1 is 1.28 bits per heavy atom. The molecule has 2 aromatic rings. The largest absolute Gasteiger partial charge is 0.462 e. The number of nitrogens with one attached hydrogen (secondary N) is 1. The summed E-state index contributed by atoms with van der Waals surface area (Å²) >= 11 is 1.31. The van der Waals surface area contributed by atoms with E-state index in [4.69, 9.17) is 4.74 Å². The van der Waals surface area contributed by atoms with Crippen LogP contribution < -0.4 is 5.32 Å². The first-order chi connectivity index (χ1) is 13.8. The highest BCUT2D eigenvalue weighted by Gasteiger charge is 2.31. The van der Waals surface area contributed by atoms with Crippen LogP contribution in [0.15, 0.2) is 36.4 Å². The van der Waals surface area contributed by atoms with Crippen LogP contribution in [-0.2, 0) is 19.4 Å². The van der Waals surface area contributed by atoms with Crippen molar-refractivity contribution in [2.45, 2.75) is 19.4 Å². The van der Waals surface area contributed by atoms with Crippen molar-refractivity contribution in [2.75, 3.05) is 37.0 Å². The lowest BCUT2D eigenvalue weighted by atomic mass is 10.1. The number of thiophene rings is 1. The molecular weight excluding hydrogens is 412 g/mol. The maximum Gasteiger partial charge on any atom is 0.341 e.